The number of halogens is 2. The molecule has 0 bridgehead atoms. The number of aryl methyl sites for hydroxylation is 1. The first-order valence-corrected chi connectivity index (χ1v) is 13.0. The van der Waals surface area contributed by atoms with E-state index in [0.717, 1.165) is 22.3 Å². The van der Waals surface area contributed by atoms with Crippen molar-refractivity contribution < 1.29 is 23.0 Å². The van der Waals surface area contributed by atoms with Gasteiger partial charge in [-0.3, -0.25) is 4.79 Å². The lowest BCUT2D eigenvalue weighted by molar-refractivity contribution is -0.121. The number of hydrogen-bond donors (Lipinski definition) is 1. The smallest absolute Gasteiger partial charge is 0.280 e. The molecule has 0 spiro atoms. The van der Waals surface area contributed by atoms with E-state index >= 15 is 0 Å². The van der Waals surface area contributed by atoms with Crippen molar-refractivity contribution in [3.05, 3.63) is 106 Å². The van der Waals surface area contributed by atoms with E-state index in [9.17, 15) is 13.6 Å². The van der Waals surface area contributed by atoms with Gasteiger partial charge in [-0.25, -0.2) is 24.2 Å². The van der Waals surface area contributed by atoms with Crippen molar-refractivity contribution in [2.24, 2.45) is 5.10 Å². The van der Waals surface area contributed by atoms with Gasteiger partial charge in [0.2, 0.25) is 0 Å². The summed E-state index contributed by atoms with van der Waals surface area (Å²) in [6, 6.07) is 21.6. The Kier molecular flexibility index (Phi) is 7.83. The van der Waals surface area contributed by atoms with Crippen molar-refractivity contribution in [1.82, 2.24) is 15.4 Å². The van der Waals surface area contributed by atoms with Crippen LogP contribution < -0.4 is 14.9 Å². The van der Waals surface area contributed by atoms with Gasteiger partial charge in [-0.2, -0.15) is 5.10 Å². The van der Waals surface area contributed by atoms with Crippen LogP contribution in [0.1, 0.15) is 46.0 Å². The number of alkyl halides is 2. The number of carbonyl (C=O) groups is 1. The van der Waals surface area contributed by atoms with Crippen LogP contribution in [0.2, 0.25) is 0 Å². The molecule has 1 amide bonds. The molecular formula is C29H24F2N4O3S. The topological polar surface area (TPSA) is 85.7 Å². The summed E-state index contributed by atoms with van der Waals surface area (Å²) in [5.41, 5.74) is 5.88. The Bertz CT molecular complexity index is 1500. The van der Waals surface area contributed by atoms with Crippen LogP contribution in [-0.2, 0) is 10.5 Å². The first kappa shape index (κ1) is 26.3. The molecular weight excluding hydrogens is 522 g/mol. The van der Waals surface area contributed by atoms with Crippen molar-refractivity contribution in [2.75, 3.05) is 7.11 Å². The van der Waals surface area contributed by atoms with Crippen LogP contribution >= 0.6 is 11.8 Å². The van der Waals surface area contributed by atoms with Gasteiger partial charge in [0.15, 0.2) is 5.16 Å². The summed E-state index contributed by atoms with van der Waals surface area (Å²) in [5, 5.41) is 4.46. The molecule has 1 N–H and O–H groups in total. The minimum Gasteiger partial charge on any atom is -0.496 e. The van der Waals surface area contributed by atoms with Gasteiger partial charge in [-0.1, -0.05) is 48.2 Å². The minimum atomic E-state index is -2.67. The molecule has 1 aliphatic heterocycles. The van der Waals surface area contributed by atoms with Crippen molar-refractivity contribution >= 4 is 23.9 Å². The van der Waals surface area contributed by atoms with E-state index in [0.29, 0.717) is 28.7 Å². The van der Waals surface area contributed by atoms with E-state index in [-0.39, 0.29) is 16.8 Å². The summed E-state index contributed by atoms with van der Waals surface area (Å²) >= 11 is 1.23. The van der Waals surface area contributed by atoms with Crippen molar-refractivity contribution in [3.8, 4) is 17.2 Å². The zero-order valence-electron chi connectivity index (χ0n) is 21.1. The van der Waals surface area contributed by atoms with Gasteiger partial charge < -0.3 is 9.47 Å². The number of methoxy groups -OCH3 is 1. The molecule has 7 nitrogen and oxygen atoms in total. The average Bonchev–Trinajstić information content (AvgIpc) is 2.94. The maximum Gasteiger partial charge on any atom is 0.280 e. The lowest BCUT2D eigenvalue weighted by Crippen LogP contribution is -2.28. The van der Waals surface area contributed by atoms with Gasteiger partial charge in [-0.05, 0) is 48.9 Å². The number of aromatic nitrogens is 2. The number of rotatable bonds is 8. The number of benzene rings is 3. The van der Waals surface area contributed by atoms with E-state index in [4.69, 9.17) is 9.47 Å². The monoisotopic (exact) mass is 546 g/mol. The van der Waals surface area contributed by atoms with Crippen molar-refractivity contribution in [2.45, 2.75) is 30.2 Å². The molecule has 0 saturated carbocycles. The summed E-state index contributed by atoms with van der Waals surface area (Å²) < 4.78 is 37.7. The van der Waals surface area contributed by atoms with Gasteiger partial charge in [-0.15, -0.1) is 0 Å². The maximum absolute atomic E-state index is 13.3. The van der Waals surface area contributed by atoms with Crippen LogP contribution in [0, 0.1) is 6.92 Å². The third-order valence-electron chi connectivity index (χ3n) is 6.07. The van der Waals surface area contributed by atoms with E-state index in [1.165, 1.54) is 17.8 Å². The second-order valence-electron chi connectivity index (χ2n) is 8.72. The Morgan fingerprint density at radius 2 is 1.77 bits per heavy atom. The maximum atomic E-state index is 13.3. The number of ether oxygens (including phenoxy) is 2. The Labute approximate surface area is 228 Å². The minimum absolute atomic E-state index is 0.260. The lowest BCUT2D eigenvalue weighted by atomic mass is 9.87. The molecule has 1 aliphatic rings. The van der Waals surface area contributed by atoms with E-state index in [1.54, 1.807) is 32.4 Å². The van der Waals surface area contributed by atoms with Crippen LogP contribution in [0.3, 0.4) is 0 Å². The van der Waals surface area contributed by atoms with Crippen LogP contribution in [0.15, 0.2) is 83.1 Å². The normalized spacial score (nSPS) is 12.6. The third kappa shape index (κ3) is 5.91. The first-order chi connectivity index (χ1) is 18.9. The largest absolute Gasteiger partial charge is 0.496 e. The van der Waals surface area contributed by atoms with Crippen LogP contribution in [0.4, 0.5) is 8.78 Å². The standard InChI is InChI=1S/C29H24F2N4O3S/c1-17-13-22(27(30)31)34-29(33-17)39-16-19-14-18(11-12-23(19)37-2)15-32-35-28(36)26-20-7-3-5-9-24(20)38-25-10-6-4-8-21(25)26/h3-15,26-27H,16H2,1-2H3,(H,35,36)/b32-15+. The molecule has 0 fully saturated rings. The summed E-state index contributed by atoms with van der Waals surface area (Å²) in [7, 11) is 1.55. The Hall–Kier alpha value is -4.31. The molecule has 198 valence electrons. The average molecular weight is 547 g/mol. The zero-order chi connectivity index (χ0) is 27.4. The Morgan fingerprint density at radius 3 is 2.44 bits per heavy atom. The fourth-order valence-electron chi connectivity index (χ4n) is 4.30. The molecule has 0 radical (unpaired) electrons. The van der Waals surface area contributed by atoms with Gasteiger partial charge in [0, 0.05) is 28.1 Å². The Morgan fingerprint density at radius 1 is 1.08 bits per heavy atom. The zero-order valence-corrected chi connectivity index (χ0v) is 21.9. The van der Waals surface area contributed by atoms with E-state index in [2.05, 4.69) is 20.5 Å². The van der Waals surface area contributed by atoms with Gasteiger partial charge in [0.1, 0.15) is 22.9 Å². The molecule has 0 unspecified atom stereocenters. The molecule has 2 heterocycles. The quantitative estimate of drug-likeness (QED) is 0.119. The molecule has 0 saturated heterocycles. The predicted octanol–water partition coefficient (Wildman–Crippen LogP) is 6.41. The number of amides is 1. The van der Waals surface area contributed by atoms with Gasteiger partial charge in [0.05, 0.1) is 19.2 Å². The van der Waals surface area contributed by atoms with Gasteiger partial charge >= 0.3 is 0 Å². The molecule has 0 aliphatic carbocycles. The molecule has 3 aromatic carbocycles. The van der Waals surface area contributed by atoms with E-state index in [1.807, 2.05) is 54.6 Å². The second kappa shape index (κ2) is 11.6. The number of hydrazone groups is 1. The summed E-state index contributed by atoms with van der Waals surface area (Å²) in [6.45, 7) is 1.65. The Balaban J connectivity index is 1.31. The van der Waals surface area contributed by atoms with Crippen molar-refractivity contribution in [1.29, 1.82) is 0 Å². The highest BCUT2D eigenvalue weighted by atomic mass is 32.2. The molecule has 0 atom stereocenters. The molecule has 1 aromatic heterocycles. The number of para-hydroxylation sites is 2. The molecule has 5 rings (SSSR count). The van der Waals surface area contributed by atoms with Gasteiger partial charge in [0.25, 0.3) is 12.3 Å². The fourth-order valence-corrected chi connectivity index (χ4v) is 5.19. The predicted molar refractivity (Wildman–Crippen MR) is 145 cm³/mol. The lowest BCUT2D eigenvalue weighted by Gasteiger charge is -2.26. The molecule has 4 aromatic rings. The third-order valence-corrected chi connectivity index (χ3v) is 6.96. The number of thioether (sulfide) groups is 1. The number of fused-ring (bicyclic) bond motifs is 2. The number of hydrogen-bond acceptors (Lipinski definition) is 7. The van der Waals surface area contributed by atoms with E-state index < -0.39 is 12.3 Å². The summed E-state index contributed by atoms with van der Waals surface area (Å²) in [5.74, 6) is 1.43. The summed E-state index contributed by atoms with van der Waals surface area (Å²) in [4.78, 5) is 21.5. The van der Waals surface area contributed by atoms with Crippen LogP contribution in [0.25, 0.3) is 0 Å². The highest BCUT2D eigenvalue weighted by Crippen LogP contribution is 2.43. The first-order valence-electron chi connectivity index (χ1n) is 12.0. The number of nitrogens with zero attached hydrogens (tertiary/aromatic N) is 3. The summed E-state index contributed by atoms with van der Waals surface area (Å²) in [6.07, 6.45) is -1.13. The van der Waals surface area contributed by atoms with Crippen molar-refractivity contribution in [3.63, 3.8) is 0 Å². The van der Waals surface area contributed by atoms with Crippen LogP contribution in [0.5, 0.6) is 17.2 Å². The number of nitrogens with one attached hydrogen (secondary N) is 1. The SMILES string of the molecule is COc1ccc(/C=N/NC(=O)C2c3ccccc3Oc3ccccc32)cc1CSc1nc(C)cc(C(F)F)n1. The second-order valence-corrected chi connectivity index (χ2v) is 9.66. The molecule has 39 heavy (non-hydrogen) atoms. The molecule has 10 heteroatoms. The fraction of sp³-hybridized carbons (Fsp3) is 0.172. The van der Waals surface area contributed by atoms with Crippen LogP contribution in [-0.4, -0.2) is 29.2 Å². The number of carbonyl (C=O) groups excluding carboxylic acids is 1. The highest BCUT2D eigenvalue weighted by molar-refractivity contribution is 7.98. The highest BCUT2D eigenvalue weighted by Gasteiger charge is 2.32.